The van der Waals surface area contributed by atoms with Crippen LogP contribution in [0.1, 0.15) is 32.1 Å². The molecule has 2 aliphatic carbocycles. The maximum absolute atomic E-state index is 5.91. The predicted molar refractivity (Wildman–Crippen MR) is 80.1 cm³/mol. The van der Waals surface area contributed by atoms with E-state index in [0.717, 1.165) is 42.5 Å². The summed E-state index contributed by atoms with van der Waals surface area (Å²) in [5.41, 5.74) is 0.471. The van der Waals surface area contributed by atoms with Gasteiger partial charge in [-0.25, -0.2) is 0 Å². The summed E-state index contributed by atoms with van der Waals surface area (Å²) in [7, 11) is 0. The van der Waals surface area contributed by atoms with Gasteiger partial charge in [0.15, 0.2) is 0 Å². The van der Waals surface area contributed by atoms with E-state index in [4.69, 9.17) is 4.74 Å². The highest BCUT2D eigenvalue weighted by molar-refractivity contribution is 5.27. The molecule has 4 aliphatic heterocycles. The predicted octanol–water partition coefficient (Wildman–Crippen LogP) is 0.578. The number of likely N-dealkylation sites (tertiary alicyclic amines) is 1. The lowest BCUT2D eigenvalue weighted by atomic mass is 9.80. The van der Waals surface area contributed by atoms with Crippen molar-refractivity contribution in [2.45, 2.75) is 61.9 Å². The molecule has 21 heavy (non-hydrogen) atoms. The highest BCUT2D eigenvalue weighted by Gasteiger charge is 2.70. The molecule has 0 aromatic heterocycles. The van der Waals surface area contributed by atoms with E-state index in [1.54, 1.807) is 0 Å². The molecule has 6 rings (SSSR count). The quantitative estimate of drug-likeness (QED) is 0.780. The molecule has 2 N–H and O–H groups in total. The molecule has 4 nitrogen and oxygen atoms in total. The Morgan fingerprint density at radius 3 is 2.81 bits per heavy atom. The van der Waals surface area contributed by atoms with E-state index in [1.165, 1.54) is 51.7 Å². The first-order valence-corrected chi connectivity index (χ1v) is 9.21. The lowest BCUT2D eigenvalue weighted by Crippen LogP contribution is -2.65. The number of ether oxygens (including phenoxy) is 1. The monoisotopic (exact) mass is 289 g/mol. The van der Waals surface area contributed by atoms with Gasteiger partial charge in [-0.2, -0.15) is 0 Å². The van der Waals surface area contributed by atoms with Crippen LogP contribution >= 0.6 is 0 Å². The third-order valence-corrected chi connectivity index (χ3v) is 7.72. The number of morpholine rings is 1. The van der Waals surface area contributed by atoms with Crippen LogP contribution < -0.4 is 10.6 Å². The maximum atomic E-state index is 5.91. The molecular weight excluding hydrogens is 262 g/mol. The molecule has 0 spiro atoms. The highest BCUT2D eigenvalue weighted by Crippen LogP contribution is 2.62. The van der Waals surface area contributed by atoms with Crippen LogP contribution in [0.15, 0.2) is 0 Å². The van der Waals surface area contributed by atoms with Crippen LogP contribution in [0.3, 0.4) is 0 Å². The van der Waals surface area contributed by atoms with Crippen molar-refractivity contribution in [2.24, 2.45) is 17.8 Å². The Morgan fingerprint density at radius 1 is 1.19 bits per heavy atom. The first-order chi connectivity index (χ1) is 10.4. The van der Waals surface area contributed by atoms with Crippen LogP contribution in [0, 0.1) is 17.8 Å². The number of nitrogens with one attached hydrogen (secondary N) is 2. The second-order valence-corrected chi connectivity index (χ2v) is 8.57. The lowest BCUT2D eigenvalue weighted by Gasteiger charge is -2.50. The summed E-state index contributed by atoms with van der Waals surface area (Å²) in [5, 5.41) is 7.75. The summed E-state index contributed by atoms with van der Waals surface area (Å²) in [5.74, 6) is 2.83. The van der Waals surface area contributed by atoms with Gasteiger partial charge in [-0.1, -0.05) is 0 Å². The first kappa shape index (κ1) is 12.3. The third-order valence-electron chi connectivity index (χ3n) is 7.72. The van der Waals surface area contributed by atoms with Gasteiger partial charge in [0.05, 0.1) is 12.7 Å². The second kappa shape index (κ2) is 4.02. The average molecular weight is 289 g/mol. The molecule has 0 amide bonds. The molecule has 6 fully saturated rings. The number of nitrogens with zero attached hydrogens (tertiary/aromatic N) is 1. The summed E-state index contributed by atoms with van der Waals surface area (Å²) < 4.78 is 5.91. The van der Waals surface area contributed by atoms with Crippen molar-refractivity contribution in [1.29, 1.82) is 0 Å². The fourth-order valence-corrected chi connectivity index (χ4v) is 7.04. The Labute approximate surface area is 127 Å². The van der Waals surface area contributed by atoms with E-state index in [0.29, 0.717) is 11.6 Å². The van der Waals surface area contributed by atoms with Gasteiger partial charge >= 0.3 is 0 Å². The minimum atomic E-state index is 0.471. The number of hydrogen-bond donors (Lipinski definition) is 2. The SMILES string of the molecule is C1CNC2C(C1)C2C1(N2CC3CC2CO3)CC2CNC1C2. The standard InChI is InChI=1S/C17H27N3O/c1-2-13-15(16(13)18-3-1)17(6-10-4-14(17)19-7-10)20-8-12-5-11(20)9-21-12/h10-16,18-19H,1-9H2. The van der Waals surface area contributed by atoms with E-state index < -0.39 is 0 Å². The minimum Gasteiger partial charge on any atom is -0.375 e. The van der Waals surface area contributed by atoms with Crippen LogP contribution in [-0.2, 0) is 4.74 Å². The van der Waals surface area contributed by atoms with Gasteiger partial charge in [0.2, 0.25) is 0 Å². The Bertz CT molecular complexity index is 459. The van der Waals surface area contributed by atoms with E-state index in [1.807, 2.05) is 0 Å². The molecule has 4 saturated heterocycles. The second-order valence-electron chi connectivity index (χ2n) is 8.57. The zero-order valence-corrected chi connectivity index (χ0v) is 12.8. The number of rotatable bonds is 2. The van der Waals surface area contributed by atoms with Crippen LogP contribution in [0.2, 0.25) is 0 Å². The van der Waals surface area contributed by atoms with Crippen LogP contribution in [0.5, 0.6) is 0 Å². The number of hydrogen-bond acceptors (Lipinski definition) is 4. The average Bonchev–Trinajstić information content (AvgIpc) is 3.02. The smallest absolute Gasteiger partial charge is 0.0718 e. The lowest BCUT2D eigenvalue weighted by molar-refractivity contribution is -0.0518. The molecule has 2 saturated carbocycles. The third kappa shape index (κ3) is 1.46. The van der Waals surface area contributed by atoms with Gasteiger partial charge in [-0.3, -0.25) is 4.90 Å². The van der Waals surface area contributed by atoms with Gasteiger partial charge in [-0.15, -0.1) is 0 Å². The number of piperidine rings is 2. The molecule has 0 aromatic carbocycles. The van der Waals surface area contributed by atoms with E-state index in [9.17, 15) is 0 Å². The van der Waals surface area contributed by atoms with Gasteiger partial charge in [0.1, 0.15) is 0 Å². The molecule has 4 bridgehead atoms. The summed E-state index contributed by atoms with van der Waals surface area (Å²) in [4.78, 5) is 2.95. The van der Waals surface area contributed by atoms with Crippen molar-refractivity contribution >= 4 is 0 Å². The van der Waals surface area contributed by atoms with Crippen LogP contribution in [0.4, 0.5) is 0 Å². The van der Waals surface area contributed by atoms with Crippen molar-refractivity contribution in [2.75, 3.05) is 26.2 Å². The fraction of sp³-hybridized carbons (Fsp3) is 1.00. The Hall–Kier alpha value is -0.160. The molecular formula is C17H27N3O. The minimum absolute atomic E-state index is 0.471. The Morgan fingerprint density at radius 2 is 2.19 bits per heavy atom. The summed E-state index contributed by atoms with van der Waals surface area (Å²) in [6, 6.07) is 2.32. The molecule has 4 heterocycles. The molecule has 8 atom stereocenters. The topological polar surface area (TPSA) is 36.5 Å². The van der Waals surface area contributed by atoms with Crippen molar-refractivity contribution in [3.05, 3.63) is 0 Å². The van der Waals surface area contributed by atoms with Gasteiger partial charge in [-0.05, 0) is 62.9 Å². The highest BCUT2D eigenvalue weighted by atomic mass is 16.5. The molecule has 4 heteroatoms. The van der Waals surface area contributed by atoms with E-state index in [-0.39, 0.29) is 0 Å². The van der Waals surface area contributed by atoms with Crippen molar-refractivity contribution < 1.29 is 4.74 Å². The van der Waals surface area contributed by atoms with E-state index >= 15 is 0 Å². The van der Waals surface area contributed by atoms with Gasteiger partial charge in [0, 0.05) is 30.2 Å². The van der Waals surface area contributed by atoms with Crippen molar-refractivity contribution in [1.82, 2.24) is 15.5 Å². The van der Waals surface area contributed by atoms with Gasteiger partial charge in [0.25, 0.3) is 0 Å². The van der Waals surface area contributed by atoms with Crippen molar-refractivity contribution in [3.63, 3.8) is 0 Å². The van der Waals surface area contributed by atoms with E-state index in [2.05, 4.69) is 15.5 Å². The largest absolute Gasteiger partial charge is 0.375 e. The maximum Gasteiger partial charge on any atom is 0.0718 e. The molecule has 6 aliphatic rings. The van der Waals surface area contributed by atoms with Crippen LogP contribution in [0.25, 0.3) is 0 Å². The normalized spacial score (nSPS) is 61.4. The van der Waals surface area contributed by atoms with Crippen LogP contribution in [-0.4, -0.2) is 60.9 Å². The van der Waals surface area contributed by atoms with Gasteiger partial charge < -0.3 is 15.4 Å². The fourth-order valence-electron chi connectivity index (χ4n) is 7.04. The summed E-state index contributed by atoms with van der Waals surface area (Å²) >= 11 is 0. The summed E-state index contributed by atoms with van der Waals surface area (Å²) in [6.45, 7) is 4.75. The zero-order chi connectivity index (χ0) is 13.6. The molecule has 8 unspecified atom stereocenters. The first-order valence-electron chi connectivity index (χ1n) is 9.21. The zero-order valence-electron chi connectivity index (χ0n) is 12.8. The van der Waals surface area contributed by atoms with Crippen molar-refractivity contribution in [3.8, 4) is 0 Å². The molecule has 116 valence electrons. The Balaban J connectivity index is 1.39. The summed E-state index contributed by atoms with van der Waals surface area (Å²) in [6.07, 6.45) is 7.61. The Kier molecular flexibility index (Phi) is 2.35. The molecule has 0 aromatic rings. The molecule has 0 radical (unpaired) electrons. The number of fused-ring (bicyclic) bond motifs is 5.